The highest BCUT2D eigenvalue weighted by Crippen LogP contribution is 2.08. The van der Waals surface area contributed by atoms with E-state index in [1.165, 1.54) is 7.05 Å². The van der Waals surface area contributed by atoms with Gasteiger partial charge in [0, 0.05) is 22.2 Å². The average Bonchev–Trinajstić information content (AvgIpc) is 1.61. The van der Waals surface area contributed by atoms with Crippen LogP contribution in [0.15, 0.2) is 0 Å². The first-order valence-corrected chi connectivity index (χ1v) is 3.03. The molecule has 7 heavy (non-hydrogen) atoms. The third-order valence-electron chi connectivity index (χ3n) is 0.432. The highest BCUT2D eigenvalue weighted by atomic mass is 31.1. The second-order valence-electron chi connectivity index (χ2n) is 1.13. The molecule has 0 bridgehead atoms. The zero-order chi connectivity index (χ0) is 5.70. The van der Waals surface area contributed by atoms with Gasteiger partial charge in [-0.3, -0.25) is 0 Å². The number of rotatable bonds is 3. The third kappa shape index (κ3) is 6.31. The first kappa shape index (κ1) is 7.31. The van der Waals surface area contributed by atoms with E-state index in [1.54, 1.807) is 7.11 Å². The standard InChI is InChI=1S/C3H9NO2P/c1-4(5)3-7-6-2/h7H,3H2,1-2H3/q-1. The maximum atomic E-state index is 10.0. The van der Waals surface area contributed by atoms with E-state index in [0.29, 0.717) is 15.1 Å². The first-order valence-electron chi connectivity index (χ1n) is 1.91. The van der Waals surface area contributed by atoms with Crippen LogP contribution in [0.4, 0.5) is 0 Å². The molecule has 0 saturated heterocycles. The van der Waals surface area contributed by atoms with Gasteiger partial charge in [0.1, 0.15) is 0 Å². The maximum absolute atomic E-state index is 10.0. The summed E-state index contributed by atoms with van der Waals surface area (Å²) >= 11 is 0. The summed E-state index contributed by atoms with van der Waals surface area (Å²) in [5.74, 6) is 0. The van der Waals surface area contributed by atoms with Gasteiger partial charge in [0.25, 0.3) is 0 Å². The molecule has 0 aliphatic carbocycles. The molecule has 0 rings (SSSR count). The molecular formula is C3H9NO2P-. The van der Waals surface area contributed by atoms with Crippen molar-refractivity contribution in [2.24, 2.45) is 0 Å². The lowest BCUT2D eigenvalue weighted by Crippen LogP contribution is -2.05. The molecule has 0 radical (unpaired) electrons. The van der Waals surface area contributed by atoms with Crippen LogP contribution in [0.1, 0.15) is 0 Å². The van der Waals surface area contributed by atoms with Gasteiger partial charge < -0.3 is 14.8 Å². The minimum atomic E-state index is 0.309. The summed E-state index contributed by atoms with van der Waals surface area (Å²) in [5, 5.41) is 10.9. The molecule has 0 heterocycles. The van der Waals surface area contributed by atoms with Crippen molar-refractivity contribution >= 4 is 8.81 Å². The van der Waals surface area contributed by atoms with Crippen molar-refractivity contribution in [1.82, 2.24) is 5.06 Å². The first-order chi connectivity index (χ1) is 3.27. The topological polar surface area (TPSA) is 35.5 Å². The van der Waals surface area contributed by atoms with Gasteiger partial charge in [-0.2, -0.15) is 0 Å². The van der Waals surface area contributed by atoms with Crippen molar-refractivity contribution in [3.63, 3.8) is 0 Å². The Morgan fingerprint density at radius 1 is 1.86 bits per heavy atom. The Labute approximate surface area is 45.1 Å². The molecule has 0 spiro atoms. The van der Waals surface area contributed by atoms with E-state index in [4.69, 9.17) is 0 Å². The molecule has 0 aromatic carbocycles. The second-order valence-corrected chi connectivity index (χ2v) is 2.15. The SMILES string of the molecule is COPCN(C)[O-]. The fourth-order valence-corrected chi connectivity index (χ4v) is 0.466. The number of hydroxylamine groups is 2. The van der Waals surface area contributed by atoms with Crippen LogP contribution in [0, 0.1) is 5.21 Å². The summed E-state index contributed by atoms with van der Waals surface area (Å²) < 4.78 is 4.64. The van der Waals surface area contributed by atoms with E-state index in [9.17, 15) is 5.21 Å². The van der Waals surface area contributed by atoms with E-state index >= 15 is 0 Å². The van der Waals surface area contributed by atoms with Crippen LogP contribution in [0.5, 0.6) is 0 Å². The minimum absolute atomic E-state index is 0.309. The molecule has 0 aromatic heterocycles. The third-order valence-corrected chi connectivity index (χ3v) is 1.29. The second kappa shape index (κ2) is 4.47. The fourth-order valence-electron chi connectivity index (χ4n) is 0.155. The Morgan fingerprint density at radius 3 is 2.57 bits per heavy atom. The van der Waals surface area contributed by atoms with Crippen LogP contribution < -0.4 is 0 Å². The largest absolute Gasteiger partial charge is 0.785 e. The highest BCUT2D eigenvalue weighted by molar-refractivity contribution is 7.32. The molecule has 0 fully saturated rings. The van der Waals surface area contributed by atoms with Crippen molar-refractivity contribution in [2.45, 2.75) is 0 Å². The molecule has 0 aliphatic heterocycles. The average molecular weight is 122 g/mol. The van der Waals surface area contributed by atoms with Gasteiger partial charge in [-0.05, 0) is 7.05 Å². The molecule has 0 aliphatic rings. The van der Waals surface area contributed by atoms with Gasteiger partial charge in [-0.15, -0.1) is 0 Å². The van der Waals surface area contributed by atoms with E-state index < -0.39 is 0 Å². The minimum Gasteiger partial charge on any atom is -0.785 e. The molecule has 1 atom stereocenters. The summed E-state index contributed by atoms with van der Waals surface area (Å²) in [4.78, 5) is 0. The predicted octanol–water partition coefficient (Wildman–Crippen LogP) is 0.613. The Hall–Kier alpha value is 0.310. The lowest BCUT2D eigenvalue weighted by molar-refractivity contribution is 0.450. The predicted molar refractivity (Wildman–Crippen MR) is 31.3 cm³/mol. The molecule has 4 heteroatoms. The number of hydrogen-bond acceptors (Lipinski definition) is 3. The maximum Gasteiger partial charge on any atom is 0.0395 e. The quantitative estimate of drug-likeness (QED) is 0.406. The van der Waals surface area contributed by atoms with Crippen molar-refractivity contribution in [2.75, 3.05) is 20.4 Å². The molecule has 0 amide bonds. The molecule has 3 nitrogen and oxygen atoms in total. The van der Waals surface area contributed by atoms with E-state index in [2.05, 4.69) is 4.52 Å². The Balaban J connectivity index is 2.68. The van der Waals surface area contributed by atoms with E-state index in [-0.39, 0.29) is 0 Å². The smallest absolute Gasteiger partial charge is 0.0395 e. The molecule has 1 unspecified atom stereocenters. The van der Waals surface area contributed by atoms with Crippen LogP contribution in [0.3, 0.4) is 0 Å². The zero-order valence-electron chi connectivity index (χ0n) is 4.47. The van der Waals surface area contributed by atoms with Gasteiger partial charge in [-0.1, -0.05) is 0 Å². The van der Waals surface area contributed by atoms with E-state index in [0.717, 1.165) is 5.06 Å². The monoisotopic (exact) mass is 122 g/mol. The van der Waals surface area contributed by atoms with E-state index in [1.807, 2.05) is 0 Å². The van der Waals surface area contributed by atoms with Gasteiger partial charge in [-0.25, -0.2) is 0 Å². The molecular weight excluding hydrogens is 113 g/mol. The van der Waals surface area contributed by atoms with Crippen LogP contribution in [-0.4, -0.2) is 25.5 Å². The van der Waals surface area contributed by atoms with Gasteiger partial charge in [0.2, 0.25) is 0 Å². The van der Waals surface area contributed by atoms with Gasteiger partial charge in [0.15, 0.2) is 0 Å². The van der Waals surface area contributed by atoms with Crippen LogP contribution in [0.25, 0.3) is 0 Å². The van der Waals surface area contributed by atoms with Crippen molar-refractivity contribution < 1.29 is 4.52 Å². The molecule has 0 saturated carbocycles. The molecule has 0 aromatic rings. The normalized spacial score (nSPS) is 12.0. The Morgan fingerprint density at radius 2 is 2.43 bits per heavy atom. The van der Waals surface area contributed by atoms with Crippen LogP contribution in [0.2, 0.25) is 0 Å². The zero-order valence-corrected chi connectivity index (χ0v) is 5.47. The van der Waals surface area contributed by atoms with Crippen LogP contribution in [-0.2, 0) is 4.52 Å². The van der Waals surface area contributed by atoms with Crippen LogP contribution >= 0.6 is 8.81 Å². The highest BCUT2D eigenvalue weighted by Gasteiger charge is 1.77. The fraction of sp³-hybridized carbons (Fsp3) is 1.00. The Kier molecular flexibility index (Phi) is 4.67. The lowest BCUT2D eigenvalue weighted by atomic mass is 11.2. The summed E-state index contributed by atoms with van der Waals surface area (Å²) in [7, 11) is 3.37. The Bertz CT molecular complexity index is 41.9. The summed E-state index contributed by atoms with van der Waals surface area (Å²) in [6.07, 6.45) is 0.483. The van der Waals surface area contributed by atoms with Crippen molar-refractivity contribution in [3.8, 4) is 0 Å². The summed E-state index contributed by atoms with van der Waals surface area (Å²) in [6, 6.07) is 0. The number of nitrogens with zero attached hydrogens (tertiary/aromatic N) is 1. The lowest BCUT2D eigenvalue weighted by Gasteiger charge is -2.19. The van der Waals surface area contributed by atoms with Gasteiger partial charge >= 0.3 is 0 Å². The van der Waals surface area contributed by atoms with Gasteiger partial charge in [0.05, 0.1) is 0 Å². The van der Waals surface area contributed by atoms with Crippen molar-refractivity contribution in [3.05, 3.63) is 5.21 Å². The number of hydrogen-bond donors (Lipinski definition) is 0. The molecule has 0 N–H and O–H groups in total. The summed E-state index contributed by atoms with van der Waals surface area (Å²) in [5.41, 5.74) is 0. The molecule has 44 valence electrons. The summed E-state index contributed by atoms with van der Waals surface area (Å²) in [6.45, 7) is 0. The van der Waals surface area contributed by atoms with Crippen molar-refractivity contribution in [1.29, 1.82) is 0 Å².